The first-order valence-corrected chi connectivity index (χ1v) is 5.43. The van der Waals surface area contributed by atoms with Gasteiger partial charge in [0.25, 0.3) is 0 Å². The van der Waals surface area contributed by atoms with Gasteiger partial charge in [-0.25, -0.2) is 0 Å². The Balaban J connectivity index is 4.20. The van der Waals surface area contributed by atoms with E-state index in [0.717, 1.165) is 0 Å². The molecular formula is C11H24N2O2. The first kappa shape index (κ1) is 14.4. The van der Waals surface area contributed by atoms with Gasteiger partial charge < -0.3 is 10.5 Å². The van der Waals surface area contributed by atoms with Crippen molar-refractivity contribution in [1.82, 2.24) is 5.32 Å². The molecule has 4 nitrogen and oxygen atoms in total. The summed E-state index contributed by atoms with van der Waals surface area (Å²) in [5.74, 6) is 0.0844. The van der Waals surface area contributed by atoms with Gasteiger partial charge in [-0.15, -0.1) is 0 Å². The van der Waals surface area contributed by atoms with Crippen LogP contribution in [-0.4, -0.2) is 30.7 Å². The molecule has 1 amide bonds. The van der Waals surface area contributed by atoms with Gasteiger partial charge in [0, 0.05) is 12.6 Å². The first-order valence-electron chi connectivity index (χ1n) is 5.43. The highest BCUT2D eigenvalue weighted by atomic mass is 16.5. The third-order valence-electron chi connectivity index (χ3n) is 1.99. The molecule has 15 heavy (non-hydrogen) atoms. The van der Waals surface area contributed by atoms with E-state index in [1.165, 1.54) is 0 Å². The lowest BCUT2D eigenvalue weighted by molar-refractivity contribution is -0.126. The summed E-state index contributed by atoms with van der Waals surface area (Å²) in [6.45, 7) is 10.8. The number of primary amides is 1. The largest absolute Gasteiger partial charge is 0.379 e. The molecule has 0 aromatic rings. The van der Waals surface area contributed by atoms with Crippen LogP contribution in [0, 0.1) is 5.92 Å². The Morgan fingerprint density at radius 3 is 2.27 bits per heavy atom. The van der Waals surface area contributed by atoms with Crippen LogP contribution in [0.25, 0.3) is 0 Å². The molecule has 0 heterocycles. The van der Waals surface area contributed by atoms with Crippen molar-refractivity contribution in [3.05, 3.63) is 0 Å². The summed E-state index contributed by atoms with van der Waals surface area (Å²) in [6.07, 6.45) is 0. The fourth-order valence-corrected chi connectivity index (χ4v) is 1.32. The van der Waals surface area contributed by atoms with Crippen molar-refractivity contribution in [3.8, 4) is 0 Å². The van der Waals surface area contributed by atoms with Crippen LogP contribution >= 0.6 is 0 Å². The Bertz CT molecular complexity index is 205. The van der Waals surface area contributed by atoms with Gasteiger partial charge in [-0.05, 0) is 26.7 Å². The molecule has 0 saturated carbocycles. The number of carbonyl (C=O) groups is 1. The second-order valence-electron chi connectivity index (χ2n) is 4.90. The summed E-state index contributed by atoms with van der Waals surface area (Å²) < 4.78 is 5.46. The van der Waals surface area contributed by atoms with E-state index in [1.807, 2.05) is 13.8 Å². The number of rotatable bonds is 7. The fourth-order valence-electron chi connectivity index (χ4n) is 1.32. The first-order chi connectivity index (χ1) is 6.78. The predicted octanol–water partition coefficient (Wildman–Crippen LogP) is 0.901. The van der Waals surface area contributed by atoms with Gasteiger partial charge in [0.1, 0.15) is 5.54 Å². The highest BCUT2D eigenvalue weighted by Gasteiger charge is 2.31. The summed E-state index contributed by atoms with van der Waals surface area (Å²) in [7, 11) is 0. The van der Waals surface area contributed by atoms with Crippen LogP contribution < -0.4 is 11.1 Å². The molecule has 0 aromatic carbocycles. The lowest BCUT2D eigenvalue weighted by atomic mass is 10.0. The Kier molecular flexibility index (Phi) is 5.83. The number of nitrogens with one attached hydrogen (secondary N) is 1. The number of hydrogen-bond acceptors (Lipinski definition) is 3. The minimum Gasteiger partial charge on any atom is -0.379 e. The standard InChI is InChI=1S/C11H24N2O2/c1-8(2)6-15-7-11(5,10(12)14)13-9(3)4/h8-9,13H,6-7H2,1-5H3,(H2,12,14). The Morgan fingerprint density at radius 2 is 1.93 bits per heavy atom. The van der Waals surface area contributed by atoms with Crippen LogP contribution in [0.2, 0.25) is 0 Å². The zero-order valence-corrected chi connectivity index (χ0v) is 10.5. The molecule has 0 aliphatic carbocycles. The van der Waals surface area contributed by atoms with Gasteiger partial charge in [-0.2, -0.15) is 0 Å². The topological polar surface area (TPSA) is 64.3 Å². The van der Waals surface area contributed by atoms with Crippen molar-refractivity contribution in [2.45, 2.75) is 46.2 Å². The third kappa shape index (κ3) is 5.74. The summed E-state index contributed by atoms with van der Waals surface area (Å²) in [5.41, 5.74) is 4.58. The SMILES string of the molecule is CC(C)COCC(C)(NC(C)C)C(N)=O. The molecule has 1 atom stereocenters. The minimum atomic E-state index is -0.775. The molecule has 4 heteroatoms. The van der Waals surface area contributed by atoms with Crippen molar-refractivity contribution >= 4 is 5.91 Å². The second-order valence-corrected chi connectivity index (χ2v) is 4.90. The molecule has 0 fully saturated rings. The Hall–Kier alpha value is -0.610. The monoisotopic (exact) mass is 216 g/mol. The highest BCUT2D eigenvalue weighted by Crippen LogP contribution is 2.06. The smallest absolute Gasteiger partial charge is 0.239 e. The Morgan fingerprint density at radius 1 is 1.40 bits per heavy atom. The van der Waals surface area contributed by atoms with E-state index in [4.69, 9.17) is 10.5 Å². The van der Waals surface area contributed by atoms with Crippen LogP contribution in [0.1, 0.15) is 34.6 Å². The maximum atomic E-state index is 11.3. The lowest BCUT2D eigenvalue weighted by Crippen LogP contribution is -2.58. The zero-order chi connectivity index (χ0) is 12.1. The van der Waals surface area contributed by atoms with E-state index >= 15 is 0 Å². The van der Waals surface area contributed by atoms with E-state index in [9.17, 15) is 4.79 Å². The quantitative estimate of drug-likeness (QED) is 0.664. The van der Waals surface area contributed by atoms with Crippen LogP contribution in [-0.2, 0) is 9.53 Å². The highest BCUT2D eigenvalue weighted by molar-refractivity contribution is 5.84. The lowest BCUT2D eigenvalue weighted by Gasteiger charge is -2.29. The molecule has 1 unspecified atom stereocenters. The minimum absolute atomic E-state index is 0.199. The van der Waals surface area contributed by atoms with Gasteiger partial charge in [-0.1, -0.05) is 13.8 Å². The molecule has 0 aliphatic heterocycles. The molecule has 0 saturated heterocycles. The van der Waals surface area contributed by atoms with Crippen molar-refractivity contribution in [2.75, 3.05) is 13.2 Å². The molecular weight excluding hydrogens is 192 g/mol. The summed E-state index contributed by atoms with van der Waals surface area (Å²) in [5, 5.41) is 3.13. The zero-order valence-electron chi connectivity index (χ0n) is 10.5. The maximum absolute atomic E-state index is 11.3. The van der Waals surface area contributed by atoms with Gasteiger partial charge in [0.2, 0.25) is 5.91 Å². The molecule has 0 bridgehead atoms. The average Bonchev–Trinajstić information content (AvgIpc) is 2.01. The fraction of sp³-hybridized carbons (Fsp3) is 0.909. The van der Waals surface area contributed by atoms with Crippen molar-refractivity contribution in [3.63, 3.8) is 0 Å². The molecule has 0 aromatic heterocycles. The van der Waals surface area contributed by atoms with Gasteiger partial charge in [-0.3, -0.25) is 10.1 Å². The van der Waals surface area contributed by atoms with Crippen LogP contribution in [0.15, 0.2) is 0 Å². The number of nitrogens with two attached hydrogens (primary N) is 1. The summed E-state index contributed by atoms with van der Waals surface area (Å²) in [6, 6.07) is 0.199. The number of ether oxygens (including phenoxy) is 1. The van der Waals surface area contributed by atoms with Crippen molar-refractivity contribution < 1.29 is 9.53 Å². The summed E-state index contributed by atoms with van der Waals surface area (Å²) in [4.78, 5) is 11.3. The van der Waals surface area contributed by atoms with E-state index in [-0.39, 0.29) is 11.9 Å². The maximum Gasteiger partial charge on any atom is 0.239 e. The van der Waals surface area contributed by atoms with Crippen molar-refractivity contribution in [2.24, 2.45) is 11.7 Å². The van der Waals surface area contributed by atoms with Gasteiger partial charge in [0.05, 0.1) is 6.61 Å². The van der Waals surface area contributed by atoms with E-state index < -0.39 is 5.54 Å². The van der Waals surface area contributed by atoms with Crippen LogP contribution in [0.5, 0.6) is 0 Å². The number of amides is 1. The Labute approximate surface area is 92.6 Å². The second kappa shape index (κ2) is 6.08. The average molecular weight is 216 g/mol. The molecule has 0 radical (unpaired) electrons. The number of hydrogen-bond donors (Lipinski definition) is 2. The van der Waals surface area contributed by atoms with E-state index in [2.05, 4.69) is 19.2 Å². The predicted molar refractivity (Wildman–Crippen MR) is 61.5 cm³/mol. The van der Waals surface area contributed by atoms with Crippen LogP contribution in [0.3, 0.4) is 0 Å². The third-order valence-corrected chi connectivity index (χ3v) is 1.99. The van der Waals surface area contributed by atoms with Crippen molar-refractivity contribution in [1.29, 1.82) is 0 Å². The summed E-state index contributed by atoms with van der Waals surface area (Å²) >= 11 is 0. The van der Waals surface area contributed by atoms with E-state index in [1.54, 1.807) is 6.92 Å². The molecule has 0 aliphatic rings. The molecule has 3 N–H and O–H groups in total. The van der Waals surface area contributed by atoms with Gasteiger partial charge >= 0.3 is 0 Å². The normalized spacial score (nSPS) is 15.7. The number of carbonyl (C=O) groups excluding carboxylic acids is 1. The molecule has 0 spiro atoms. The molecule has 90 valence electrons. The van der Waals surface area contributed by atoms with Crippen LogP contribution in [0.4, 0.5) is 0 Å². The van der Waals surface area contributed by atoms with E-state index in [0.29, 0.717) is 19.1 Å². The molecule has 0 rings (SSSR count). The van der Waals surface area contributed by atoms with Gasteiger partial charge in [0.15, 0.2) is 0 Å².